The molecule has 0 aromatic heterocycles. The van der Waals surface area contributed by atoms with Crippen LogP contribution in [-0.2, 0) is 9.47 Å². The third-order valence-electron chi connectivity index (χ3n) is 5.01. The summed E-state index contributed by atoms with van der Waals surface area (Å²) in [5.74, 6) is 1.49. The third-order valence-corrected chi connectivity index (χ3v) is 5.01. The minimum absolute atomic E-state index is 0.0253. The third kappa shape index (κ3) is 2.51. The molecule has 98 valence electrons. The molecule has 2 aliphatic carbocycles. The van der Waals surface area contributed by atoms with Gasteiger partial charge in [-0.25, -0.2) is 0 Å². The lowest BCUT2D eigenvalue weighted by Crippen LogP contribution is -2.37. The van der Waals surface area contributed by atoms with Crippen molar-refractivity contribution < 1.29 is 14.6 Å². The van der Waals surface area contributed by atoms with Gasteiger partial charge in [-0.2, -0.15) is 0 Å². The SMILES string of the molecule is O[C@H]1CC[C@H](C2CCC3(CC2)OCCO3)CC1. The van der Waals surface area contributed by atoms with Crippen LogP contribution >= 0.6 is 0 Å². The van der Waals surface area contributed by atoms with Crippen LogP contribution in [-0.4, -0.2) is 30.2 Å². The van der Waals surface area contributed by atoms with E-state index in [1.807, 2.05) is 0 Å². The molecule has 1 N–H and O–H groups in total. The zero-order valence-corrected chi connectivity index (χ0v) is 10.6. The van der Waals surface area contributed by atoms with Gasteiger partial charge in [0.1, 0.15) is 0 Å². The van der Waals surface area contributed by atoms with Gasteiger partial charge in [-0.3, -0.25) is 0 Å². The van der Waals surface area contributed by atoms with Gasteiger partial charge in [-0.1, -0.05) is 0 Å². The summed E-state index contributed by atoms with van der Waals surface area (Å²) >= 11 is 0. The first-order valence-electron chi connectivity index (χ1n) is 7.23. The van der Waals surface area contributed by atoms with Crippen LogP contribution in [0.5, 0.6) is 0 Å². The zero-order valence-electron chi connectivity index (χ0n) is 10.6. The Balaban J connectivity index is 1.51. The number of hydrogen-bond acceptors (Lipinski definition) is 3. The molecule has 17 heavy (non-hydrogen) atoms. The van der Waals surface area contributed by atoms with Gasteiger partial charge in [-0.05, 0) is 50.4 Å². The van der Waals surface area contributed by atoms with E-state index in [1.165, 1.54) is 25.7 Å². The maximum Gasteiger partial charge on any atom is 0.168 e. The summed E-state index contributed by atoms with van der Waals surface area (Å²) in [6.45, 7) is 1.56. The van der Waals surface area contributed by atoms with Crippen molar-refractivity contribution in [2.24, 2.45) is 11.8 Å². The van der Waals surface area contributed by atoms with Crippen molar-refractivity contribution in [3.05, 3.63) is 0 Å². The predicted molar refractivity (Wildman–Crippen MR) is 64.6 cm³/mol. The molecule has 0 atom stereocenters. The maximum absolute atomic E-state index is 9.55. The van der Waals surface area contributed by atoms with Crippen molar-refractivity contribution in [2.75, 3.05) is 13.2 Å². The van der Waals surface area contributed by atoms with Gasteiger partial charge < -0.3 is 14.6 Å². The van der Waals surface area contributed by atoms with Gasteiger partial charge in [0, 0.05) is 12.8 Å². The van der Waals surface area contributed by atoms with Crippen molar-refractivity contribution in [1.29, 1.82) is 0 Å². The fraction of sp³-hybridized carbons (Fsp3) is 1.00. The van der Waals surface area contributed by atoms with E-state index in [2.05, 4.69) is 0 Å². The van der Waals surface area contributed by atoms with Gasteiger partial charge in [-0.15, -0.1) is 0 Å². The highest BCUT2D eigenvalue weighted by molar-refractivity contribution is 4.86. The molecule has 3 heteroatoms. The highest BCUT2D eigenvalue weighted by Crippen LogP contribution is 2.44. The molecule has 1 spiro atoms. The van der Waals surface area contributed by atoms with Crippen molar-refractivity contribution in [1.82, 2.24) is 0 Å². The first kappa shape index (κ1) is 11.9. The van der Waals surface area contributed by atoms with E-state index in [1.54, 1.807) is 0 Å². The van der Waals surface area contributed by atoms with Gasteiger partial charge in [0.05, 0.1) is 19.3 Å². The fourth-order valence-corrected chi connectivity index (χ4v) is 3.91. The van der Waals surface area contributed by atoms with Crippen LogP contribution in [0, 0.1) is 11.8 Å². The first-order chi connectivity index (χ1) is 8.27. The van der Waals surface area contributed by atoms with Gasteiger partial charge in [0.25, 0.3) is 0 Å². The highest BCUT2D eigenvalue weighted by atomic mass is 16.7. The monoisotopic (exact) mass is 240 g/mol. The van der Waals surface area contributed by atoms with Gasteiger partial charge in [0.15, 0.2) is 5.79 Å². The predicted octanol–water partition coefficient (Wildman–Crippen LogP) is 2.47. The van der Waals surface area contributed by atoms with Crippen molar-refractivity contribution in [2.45, 2.75) is 63.3 Å². The normalized spacial score (nSPS) is 38.6. The summed E-state index contributed by atoms with van der Waals surface area (Å²) in [5, 5.41) is 9.55. The average molecular weight is 240 g/mol. The summed E-state index contributed by atoms with van der Waals surface area (Å²) < 4.78 is 11.5. The Labute approximate surface area is 103 Å². The molecule has 3 fully saturated rings. The van der Waals surface area contributed by atoms with Crippen LogP contribution < -0.4 is 0 Å². The molecule has 0 unspecified atom stereocenters. The second-order valence-corrected chi connectivity index (χ2v) is 6.01. The molecule has 0 aromatic carbocycles. The molecule has 3 aliphatic rings. The minimum Gasteiger partial charge on any atom is -0.393 e. The van der Waals surface area contributed by atoms with Crippen LogP contribution in [0.4, 0.5) is 0 Å². The van der Waals surface area contributed by atoms with Crippen LogP contribution in [0.1, 0.15) is 51.4 Å². The Morgan fingerprint density at radius 2 is 1.29 bits per heavy atom. The molecule has 3 rings (SSSR count). The molecule has 1 aliphatic heterocycles. The summed E-state index contributed by atoms with van der Waals surface area (Å²) in [6.07, 6.45) is 9.11. The van der Waals surface area contributed by atoms with E-state index in [9.17, 15) is 5.11 Å². The maximum atomic E-state index is 9.55. The molecular weight excluding hydrogens is 216 g/mol. The van der Waals surface area contributed by atoms with E-state index in [0.717, 1.165) is 50.7 Å². The van der Waals surface area contributed by atoms with E-state index in [4.69, 9.17) is 9.47 Å². The summed E-state index contributed by atoms with van der Waals surface area (Å²) in [4.78, 5) is 0. The van der Waals surface area contributed by atoms with Crippen LogP contribution in [0.15, 0.2) is 0 Å². The van der Waals surface area contributed by atoms with Crippen molar-refractivity contribution >= 4 is 0 Å². The average Bonchev–Trinajstić information content (AvgIpc) is 2.80. The Morgan fingerprint density at radius 1 is 0.765 bits per heavy atom. The molecule has 1 heterocycles. The highest BCUT2D eigenvalue weighted by Gasteiger charge is 2.42. The number of aliphatic hydroxyl groups excluding tert-OH is 1. The topological polar surface area (TPSA) is 38.7 Å². The standard InChI is InChI=1S/C14H24O3/c15-13-3-1-11(2-4-13)12-5-7-14(8-6-12)16-9-10-17-14/h11-13,15H,1-10H2/t11-,13-. The smallest absolute Gasteiger partial charge is 0.168 e. The van der Waals surface area contributed by atoms with E-state index in [-0.39, 0.29) is 11.9 Å². The van der Waals surface area contributed by atoms with Crippen LogP contribution in [0.3, 0.4) is 0 Å². The van der Waals surface area contributed by atoms with Crippen LogP contribution in [0.2, 0.25) is 0 Å². The number of aliphatic hydroxyl groups is 1. The number of ether oxygens (including phenoxy) is 2. The summed E-state index contributed by atoms with van der Waals surface area (Å²) in [5.41, 5.74) is 0. The molecule has 0 bridgehead atoms. The quantitative estimate of drug-likeness (QED) is 0.765. The van der Waals surface area contributed by atoms with E-state index >= 15 is 0 Å². The molecule has 0 radical (unpaired) electrons. The number of hydrogen-bond donors (Lipinski definition) is 1. The Bertz CT molecular complexity index is 242. The lowest BCUT2D eigenvalue weighted by molar-refractivity contribution is -0.185. The van der Waals surface area contributed by atoms with Crippen molar-refractivity contribution in [3.8, 4) is 0 Å². The first-order valence-corrected chi connectivity index (χ1v) is 7.23. The molecule has 0 amide bonds. The molecule has 0 aromatic rings. The Kier molecular flexibility index (Phi) is 3.42. The lowest BCUT2D eigenvalue weighted by atomic mass is 9.71. The summed E-state index contributed by atoms with van der Waals surface area (Å²) in [7, 11) is 0. The van der Waals surface area contributed by atoms with Crippen LogP contribution in [0.25, 0.3) is 0 Å². The van der Waals surface area contributed by atoms with Gasteiger partial charge >= 0.3 is 0 Å². The largest absolute Gasteiger partial charge is 0.393 e. The molecular formula is C14H24O3. The minimum atomic E-state index is -0.204. The van der Waals surface area contributed by atoms with E-state index in [0.29, 0.717) is 0 Å². The summed E-state index contributed by atoms with van der Waals surface area (Å²) in [6, 6.07) is 0. The Hall–Kier alpha value is -0.120. The second-order valence-electron chi connectivity index (χ2n) is 6.01. The van der Waals surface area contributed by atoms with E-state index < -0.39 is 0 Å². The second kappa shape index (κ2) is 4.87. The zero-order chi connectivity index (χ0) is 11.7. The Morgan fingerprint density at radius 3 is 1.88 bits per heavy atom. The molecule has 3 nitrogen and oxygen atoms in total. The molecule has 1 saturated heterocycles. The van der Waals surface area contributed by atoms with Gasteiger partial charge in [0.2, 0.25) is 0 Å². The molecule has 2 saturated carbocycles. The van der Waals surface area contributed by atoms with Crippen molar-refractivity contribution in [3.63, 3.8) is 0 Å². The fourth-order valence-electron chi connectivity index (χ4n) is 3.91. The number of rotatable bonds is 1. The lowest BCUT2D eigenvalue weighted by Gasteiger charge is -2.40.